The van der Waals surface area contributed by atoms with Gasteiger partial charge < -0.3 is 9.72 Å². The Morgan fingerprint density at radius 2 is 2.32 bits per heavy atom. The summed E-state index contributed by atoms with van der Waals surface area (Å²) in [6.07, 6.45) is 1.35. The fourth-order valence-corrected chi connectivity index (χ4v) is 1.79. The molecule has 2 aromatic rings. The van der Waals surface area contributed by atoms with Crippen molar-refractivity contribution in [3.05, 3.63) is 40.2 Å². The number of fused-ring (bicyclic) bond motifs is 1. The van der Waals surface area contributed by atoms with Gasteiger partial charge >= 0.3 is 5.97 Å². The Balaban J connectivity index is 2.65. The van der Waals surface area contributed by atoms with Crippen LogP contribution in [-0.2, 0) is 4.74 Å². The van der Waals surface area contributed by atoms with Gasteiger partial charge in [-0.2, -0.15) is 4.99 Å². The molecule has 96 valence electrons. The van der Waals surface area contributed by atoms with E-state index >= 15 is 0 Å². The number of thiocarbonyl (C=S) groups is 1. The van der Waals surface area contributed by atoms with E-state index in [-0.39, 0.29) is 12.2 Å². The van der Waals surface area contributed by atoms with Crippen molar-refractivity contribution in [2.75, 3.05) is 6.61 Å². The molecule has 1 aromatic heterocycles. The Morgan fingerprint density at radius 3 is 3.00 bits per heavy atom. The van der Waals surface area contributed by atoms with E-state index in [1.165, 1.54) is 6.20 Å². The van der Waals surface area contributed by atoms with Crippen LogP contribution in [0.25, 0.3) is 10.9 Å². The molecular formula is C13H10N2O3S. The smallest absolute Gasteiger partial charge is 0.343 e. The zero-order valence-electron chi connectivity index (χ0n) is 10.1. The van der Waals surface area contributed by atoms with Crippen LogP contribution in [0.5, 0.6) is 0 Å². The van der Waals surface area contributed by atoms with Crippen LogP contribution in [0.4, 0.5) is 5.69 Å². The molecule has 19 heavy (non-hydrogen) atoms. The number of aliphatic imine (C=N–C) groups is 1. The Morgan fingerprint density at radius 1 is 1.53 bits per heavy atom. The molecule has 6 heteroatoms. The van der Waals surface area contributed by atoms with Crippen molar-refractivity contribution in [2.45, 2.75) is 6.92 Å². The SMILES string of the molecule is CCOC(=O)c1c[nH]c2ccc(N=C=S)cc2c1=O. The van der Waals surface area contributed by atoms with Gasteiger partial charge in [0.25, 0.3) is 0 Å². The molecule has 0 unspecified atom stereocenters. The average Bonchev–Trinajstić information content (AvgIpc) is 2.40. The van der Waals surface area contributed by atoms with Gasteiger partial charge in [-0.15, -0.1) is 0 Å². The van der Waals surface area contributed by atoms with Crippen molar-refractivity contribution < 1.29 is 9.53 Å². The first-order chi connectivity index (χ1) is 9.17. The fourth-order valence-electron chi connectivity index (χ4n) is 1.69. The lowest BCUT2D eigenvalue weighted by atomic mass is 10.1. The number of aromatic amines is 1. The number of esters is 1. The maximum Gasteiger partial charge on any atom is 0.343 e. The number of nitrogens with zero attached hydrogens (tertiary/aromatic N) is 1. The summed E-state index contributed by atoms with van der Waals surface area (Å²) in [5, 5.41) is 2.59. The molecule has 1 heterocycles. The van der Waals surface area contributed by atoms with Crippen molar-refractivity contribution in [2.24, 2.45) is 4.99 Å². The molecule has 0 bridgehead atoms. The number of ether oxygens (including phenoxy) is 1. The first-order valence-electron chi connectivity index (χ1n) is 5.57. The van der Waals surface area contributed by atoms with Gasteiger partial charge in [-0.3, -0.25) is 4.79 Å². The molecule has 0 fully saturated rings. The van der Waals surface area contributed by atoms with Crippen LogP contribution in [0.1, 0.15) is 17.3 Å². The van der Waals surface area contributed by atoms with Gasteiger partial charge in [-0.05, 0) is 37.3 Å². The van der Waals surface area contributed by atoms with E-state index < -0.39 is 11.4 Å². The second kappa shape index (κ2) is 5.56. The van der Waals surface area contributed by atoms with Gasteiger partial charge in [0.2, 0.25) is 5.43 Å². The van der Waals surface area contributed by atoms with Crippen LogP contribution >= 0.6 is 12.2 Å². The molecule has 0 aliphatic rings. The number of carbonyl (C=O) groups is 1. The highest BCUT2D eigenvalue weighted by atomic mass is 32.1. The number of isothiocyanates is 1. The van der Waals surface area contributed by atoms with Crippen LogP contribution < -0.4 is 5.43 Å². The van der Waals surface area contributed by atoms with E-state index in [4.69, 9.17) is 4.74 Å². The number of pyridine rings is 1. The van der Waals surface area contributed by atoms with Crippen LogP contribution in [0, 0.1) is 0 Å². The third kappa shape index (κ3) is 2.59. The highest BCUT2D eigenvalue weighted by Crippen LogP contribution is 2.17. The molecule has 1 N–H and O–H groups in total. The van der Waals surface area contributed by atoms with E-state index in [0.29, 0.717) is 16.6 Å². The summed E-state index contributed by atoms with van der Waals surface area (Å²) in [5.74, 6) is -0.644. The van der Waals surface area contributed by atoms with E-state index in [0.717, 1.165) is 0 Å². The third-order valence-electron chi connectivity index (χ3n) is 2.53. The predicted octanol–water partition coefficient (Wildman–Crippen LogP) is 2.44. The van der Waals surface area contributed by atoms with E-state index in [1.807, 2.05) is 0 Å². The van der Waals surface area contributed by atoms with Gasteiger partial charge in [0.1, 0.15) is 5.56 Å². The first kappa shape index (κ1) is 13.1. The summed E-state index contributed by atoms with van der Waals surface area (Å²) >= 11 is 4.51. The zero-order chi connectivity index (χ0) is 13.8. The third-order valence-corrected chi connectivity index (χ3v) is 2.63. The lowest BCUT2D eigenvalue weighted by Crippen LogP contribution is -2.18. The highest BCUT2D eigenvalue weighted by Gasteiger charge is 2.13. The standard InChI is InChI=1S/C13H10N2O3S/c1-2-18-13(17)10-6-14-11-4-3-8(15-7-19)5-9(11)12(10)16/h3-6H,2H2,1H3,(H,14,16). The normalized spacial score (nSPS) is 9.95. The van der Waals surface area contributed by atoms with Crippen LogP contribution in [0.2, 0.25) is 0 Å². The molecule has 0 radical (unpaired) electrons. The van der Waals surface area contributed by atoms with Gasteiger partial charge in [-0.25, -0.2) is 4.79 Å². The molecule has 0 atom stereocenters. The van der Waals surface area contributed by atoms with Crippen molar-refractivity contribution in [3.8, 4) is 0 Å². The summed E-state index contributed by atoms with van der Waals surface area (Å²) in [6.45, 7) is 1.89. The topological polar surface area (TPSA) is 71.5 Å². The number of rotatable bonds is 3. The molecule has 5 nitrogen and oxygen atoms in total. The minimum atomic E-state index is -0.644. The lowest BCUT2D eigenvalue weighted by Gasteiger charge is -2.03. The maximum absolute atomic E-state index is 12.2. The lowest BCUT2D eigenvalue weighted by molar-refractivity contribution is 0.0524. The molecule has 0 aliphatic carbocycles. The second-order valence-corrected chi connectivity index (χ2v) is 3.87. The average molecular weight is 274 g/mol. The molecule has 0 amide bonds. The van der Waals surface area contributed by atoms with Crippen molar-refractivity contribution >= 4 is 39.9 Å². The summed E-state index contributed by atoms with van der Waals surface area (Å²) in [6, 6.07) is 4.94. The summed E-state index contributed by atoms with van der Waals surface area (Å²) in [7, 11) is 0. The molecule has 0 spiro atoms. The Labute approximate surface area is 113 Å². The number of hydrogen-bond donors (Lipinski definition) is 1. The van der Waals surface area contributed by atoms with E-state index in [2.05, 4.69) is 27.4 Å². The maximum atomic E-state index is 12.2. The van der Waals surface area contributed by atoms with E-state index in [9.17, 15) is 9.59 Å². The molecule has 2 rings (SSSR count). The molecule has 0 saturated heterocycles. The Kier molecular flexibility index (Phi) is 3.85. The summed E-state index contributed by atoms with van der Waals surface area (Å²) in [5.41, 5.74) is 0.696. The van der Waals surface area contributed by atoms with Gasteiger partial charge in [0, 0.05) is 17.1 Å². The number of hydrogen-bond acceptors (Lipinski definition) is 5. The number of benzene rings is 1. The number of nitrogens with one attached hydrogen (secondary N) is 1. The van der Waals surface area contributed by atoms with Gasteiger partial charge in [-0.1, -0.05) is 0 Å². The number of H-pyrrole nitrogens is 1. The fraction of sp³-hybridized carbons (Fsp3) is 0.154. The molecule has 0 saturated carbocycles. The monoisotopic (exact) mass is 274 g/mol. The summed E-state index contributed by atoms with van der Waals surface area (Å²) in [4.78, 5) is 30.5. The highest BCUT2D eigenvalue weighted by molar-refractivity contribution is 7.78. The second-order valence-electron chi connectivity index (χ2n) is 3.68. The van der Waals surface area contributed by atoms with Crippen molar-refractivity contribution in [1.82, 2.24) is 4.98 Å². The minimum absolute atomic E-state index is 0.0298. The van der Waals surface area contributed by atoms with Crippen LogP contribution in [0.3, 0.4) is 0 Å². The van der Waals surface area contributed by atoms with Gasteiger partial charge in [0.15, 0.2) is 0 Å². The van der Waals surface area contributed by atoms with Crippen molar-refractivity contribution in [3.63, 3.8) is 0 Å². The molecule has 1 aromatic carbocycles. The van der Waals surface area contributed by atoms with E-state index in [1.54, 1.807) is 25.1 Å². The zero-order valence-corrected chi connectivity index (χ0v) is 10.9. The van der Waals surface area contributed by atoms with Crippen LogP contribution in [-0.4, -0.2) is 22.7 Å². The van der Waals surface area contributed by atoms with Crippen molar-refractivity contribution in [1.29, 1.82) is 0 Å². The molecule has 0 aliphatic heterocycles. The summed E-state index contributed by atoms with van der Waals surface area (Å²) < 4.78 is 4.82. The van der Waals surface area contributed by atoms with Gasteiger partial charge in [0.05, 0.1) is 17.5 Å². The number of carbonyl (C=O) groups excluding carboxylic acids is 1. The quantitative estimate of drug-likeness (QED) is 0.530. The molecular weight excluding hydrogens is 264 g/mol. The van der Waals surface area contributed by atoms with Crippen LogP contribution in [0.15, 0.2) is 34.2 Å². The predicted molar refractivity (Wildman–Crippen MR) is 75.2 cm³/mol. The first-order valence-corrected chi connectivity index (χ1v) is 5.98. The Bertz CT molecular complexity index is 745. The minimum Gasteiger partial charge on any atom is -0.462 e. The number of aromatic nitrogens is 1. The largest absolute Gasteiger partial charge is 0.462 e. The Hall–Kier alpha value is -2.30.